The van der Waals surface area contributed by atoms with E-state index in [4.69, 9.17) is 11.0 Å². The summed E-state index contributed by atoms with van der Waals surface area (Å²) in [5, 5.41) is 18.7. The van der Waals surface area contributed by atoms with Gasteiger partial charge < -0.3 is 10.8 Å². The maximum absolute atomic E-state index is 12.5. The largest absolute Gasteiger partial charge is 0.399 e. The van der Waals surface area contributed by atoms with E-state index in [1.165, 1.54) is 18.2 Å². The molecule has 114 valence electrons. The lowest BCUT2D eigenvalue weighted by atomic mass is 9.83. The summed E-state index contributed by atoms with van der Waals surface area (Å²) in [4.78, 5) is -0.0994. The lowest BCUT2D eigenvalue weighted by molar-refractivity contribution is 0.142. The molecule has 6 nitrogen and oxygen atoms in total. The molecule has 1 aliphatic carbocycles. The van der Waals surface area contributed by atoms with Gasteiger partial charge in [-0.1, -0.05) is 19.3 Å². The second kappa shape index (κ2) is 6.02. The quantitative estimate of drug-likeness (QED) is 0.720. The number of aliphatic hydroxyl groups is 1. The molecule has 0 spiro atoms. The van der Waals surface area contributed by atoms with E-state index in [2.05, 4.69) is 4.72 Å². The fraction of sp³-hybridized carbons (Fsp3) is 0.500. The third kappa shape index (κ3) is 3.35. The van der Waals surface area contributed by atoms with Gasteiger partial charge in [-0.3, -0.25) is 0 Å². The van der Waals surface area contributed by atoms with Gasteiger partial charge in [-0.25, -0.2) is 13.1 Å². The first kappa shape index (κ1) is 15.8. The van der Waals surface area contributed by atoms with Crippen LogP contribution in [-0.4, -0.2) is 25.7 Å². The number of hydrogen-bond acceptors (Lipinski definition) is 5. The fourth-order valence-electron chi connectivity index (χ4n) is 2.73. The van der Waals surface area contributed by atoms with Crippen molar-refractivity contribution < 1.29 is 13.5 Å². The molecule has 0 unspecified atom stereocenters. The Bertz CT molecular complexity index is 659. The summed E-state index contributed by atoms with van der Waals surface area (Å²) in [7, 11) is -3.88. The van der Waals surface area contributed by atoms with Crippen molar-refractivity contribution in [2.45, 2.75) is 42.5 Å². The van der Waals surface area contributed by atoms with Crippen molar-refractivity contribution in [3.8, 4) is 6.07 Å². The Morgan fingerprint density at radius 2 is 2.00 bits per heavy atom. The molecule has 0 amide bonds. The second-order valence-electron chi connectivity index (χ2n) is 5.47. The zero-order valence-electron chi connectivity index (χ0n) is 11.7. The molecule has 0 heterocycles. The van der Waals surface area contributed by atoms with Gasteiger partial charge in [0.2, 0.25) is 10.0 Å². The fourth-order valence-corrected chi connectivity index (χ4v) is 4.32. The molecule has 0 atom stereocenters. The predicted molar refractivity (Wildman–Crippen MR) is 78.8 cm³/mol. The van der Waals surface area contributed by atoms with Crippen molar-refractivity contribution >= 4 is 15.7 Å². The van der Waals surface area contributed by atoms with E-state index in [0.29, 0.717) is 18.5 Å². The van der Waals surface area contributed by atoms with Gasteiger partial charge >= 0.3 is 0 Å². The van der Waals surface area contributed by atoms with Gasteiger partial charge in [0.15, 0.2) is 0 Å². The van der Waals surface area contributed by atoms with Crippen LogP contribution in [0.2, 0.25) is 0 Å². The van der Waals surface area contributed by atoms with Gasteiger partial charge in [0, 0.05) is 5.69 Å². The average molecular weight is 309 g/mol. The van der Waals surface area contributed by atoms with Crippen LogP contribution in [0.3, 0.4) is 0 Å². The summed E-state index contributed by atoms with van der Waals surface area (Å²) in [6.45, 7) is -0.247. The Kier molecular flexibility index (Phi) is 4.52. The lowest BCUT2D eigenvalue weighted by Crippen LogP contribution is -2.52. The van der Waals surface area contributed by atoms with Crippen LogP contribution in [0.15, 0.2) is 23.1 Å². The highest BCUT2D eigenvalue weighted by atomic mass is 32.2. The molecule has 1 aliphatic rings. The molecule has 1 saturated carbocycles. The highest BCUT2D eigenvalue weighted by Crippen LogP contribution is 2.30. The number of sulfonamides is 1. The third-order valence-corrected chi connectivity index (χ3v) is 5.51. The van der Waals surface area contributed by atoms with Crippen molar-refractivity contribution in [3.05, 3.63) is 23.8 Å². The highest BCUT2D eigenvalue weighted by Gasteiger charge is 2.36. The zero-order chi connectivity index (χ0) is 15.5. The van der Waals surface area contributed by atoms with Gasteiger partial charge in [-0.15, -0.1) is 0 Å². The van der Waals surface area contributed by atoms with Crippen molar-refractivity contribution in [1.29, 1.82) is 5.26 Å². The SMILES string of the molecule is N#Cc1cc(N)ccc1S(=O)(=O)NC1(CO)CCCCC1. The van der Waals surface area contributed by atoms with Gasteiger partial charge in [-0.05, 0) is 31.0 Å². The summed E-state index contributed by atoms with van der Waals surface area (Å²) in [6, 6.07) is 5.95. The van der Waals surface area contributed by atoms with Crippen LogP contribution in [0.1, 0.15) is 37.7 Å². The molecule has 0 radical (unpaired) electrons. The Morgan fingerprint density at radius 3 is 2.57 bits per heavy atom. The first-order valence-electron chi connectivity index (χ1n) is 6.87. The standard InChI is InChI=1S/C14H19N3O3S/c15-9-11-8-12(16)4-5-13(11)21(19,20)17-14(10-18)6-2-1-3-7-14/h4-5,8,17-18H,1-3,6-7,10,16H2. The Hall–Kier alpha value is -1.62. The predicted octanol–water partition coefficient (Wildman–Crippen LogP) is 1.11. The van der Waals surface area contributed by atoms with E-state index in [0.717, 1.165) is 19.3 Å². The summed E-state index contributed by atoms with van der Waals surface area (Å²) >= 11 is 0. The normalized spacial score (nSPS) is 18.1. The summed E-state index contributed by atoms with van der Waals surface area (Å²) in [5.41, 5.74) is 5.09. The molecule has 0 bridgehead atoms. The number of benzene rings is 1. The Morgan fingerprint density at radius 1 is 1.33 bits per heavy atom. The van der Waals surface area contributed by atoms with Gasteiger partial charge in [0.25, 0.3) is 0 Å². The molecule has 1 fully saturated rings. The monoisotopic (exact) mass is 309 g/mol. The minimum Gasteiger partial charge on any atom is -0.399 e. The molecule has 1 aromatic carbocycles. The van der Waals surface area contributed by atoms with Gasteiger partial charge in [0.05, 0.1) is 22.6 Å². The van der Waals surface area contributed by atoms with E-state index >= 15 is 0 Å². The number of nitrogens with two attached hydrogens (primary N) is 1. The minimum atomic E-state index is -3.88. The molecule has 2 rings (SSSR count). The molecule has 0 aliphatic heterocycles. The molecular weight excluding hydrogens is 290 g/mol. The first-order valence-corrected chi connectivity index (χ1v) is 8.35. The van der Waals surface area contributed by atoms with Gasteiger partial charge in [-0.2, -0.15) is 5.26 Å². The summed E-state index contributed by atoms with van der Waals surface area (Å²) in [5.74, 6) is 0. The van der Waals surface area contributed by atoms with E-state index in [9.17, 15) is 13.5 Å². The van der Waals surface area contributed by atoms with Crippen LogP contribution in [0.5, 0.6) is 0 Å². The van der Waals surface area contributed by atoms with Crippen molar-refractivity contribution in [3.63, 3.8) is 0 Å². The molecule has 0 saturated heterocycles. The average Bonchev–Trinajstić information content (AvgIpc) is 2.47. The number of nitrogens with one attached hydrogen (secondary N) is 1. The molecule has 21 heavy (non-hydrogen) atoms. The molecular formula is C14H19N3O3S. The number of nitrogen functional groups attached to an aromatic ring is 1. The van der Waals surface area contributed by atoms with Crippen molar-refractivity contribution in [2.75, 3.05) is 12.3 Å². The van der Waals surface area contributed by atoms with Crippen LogP contribution in [0, 0.1) is 11.3 Å². The zero-order valence-corrected chi connectivity index (χ0v) is 12.5. The third-order valence-electron chi connectivity index (χ3n) is 3.88. The van der Waals surface area contributed by atoms with E-state index in [-0.39, 0.29) is 17.1 Å². The van der Waals surface area contributed by atoms with Crippen LogP contribution in [-0.2, 0) is 10.0 Å². The molecule has 7 heteroatoms. The molecule has 0 aromatic heterocycles. The first-order chi connectivity index (χ1) is 9.92. The number of anilines is 1. The van der Waals surface area contributed by atoms with E-state index < -0.39 is 15.6 Å². The van der Waals surface area contributed by atoms with Crippen LogP contribution < -0.4 is 10.5 Å². The smallest absolute Gasteiger partial charge is 0.242 e. The number of rotatable bonds is 4. The Labute approximate surface area is 124 Å². The van der Waals surface area contributed by atoms with E-state index in [1.807, 2.05) is 6.07 Å². The van der Waals surface area contributed by atoms with Gasteiger partial charge in [0.1, 0.15) is 6.07 Å². The molecule has 4 N–H and O–H groups in total. The second-order valence-corrected chi connectivity index (χ2v) is 7.12. The van der Waals surface area contributed by atoms with Crippen molar-refractivity contribution in [1.82, 2.24) is 4.72 Å². The highest BCUT2D eigenvalue weighted by molar-refractivity contribution is 7.89. The van der Waals surface area contributed by atoms with E-state index in [1.54, 1.807) is 0 Å². The number of aliphatic hydroxyl groups excluding tert-OH is 1. The topological polar surface area (TPSA) is 116 Å². The number of nitrogens with zero attached hydrogens (tertiary/aromatic N) is 1. The minimum absolute atomic E-state index is 0.00593. The lowest BCUT2D eigenvalue weighted by Gasteiger charge is -2.36. The maximum Gasteiger partial charge on any atom is 0.242 e. The number of hydrogen-bond donors (Lipinski definition) is 3. The summed E-state index contributed by atoms with van der Waals surface area (Å²) in [6.07, 6.45) is 3.97. The van der Waals surface area contributed by atoms with Crippen LogP contribution in [0.25, 0.3) is 0 Å². The summed E-state index contributed by atoms with van der Waals surface area (Å²) < 4.78 is 27.7. The maximum atomic E-state index is 12.5. The number of nitriles is 1. The molecule has 1 aromatic rings. The van der Waals surface area contributed by atoms with Crippen LogP contribution in [0.4, 0.5) is 5.69 Å². The van der Waals surface area contributed by atoms with Crippen LogP contribution >= 0.6 is 0 Å². The Balaban J connectivity index is 2.36. The van der Waals surface area contributed by atoms with Crippen molar-refractivity contribution in [2.24, 2.45) is 0 Å².